The monoisotopic (exact) mass is 289 g/mol. The molecule has 0 amide bonds. The molecule has 8 heteroatoms. The van der Waals surface area contributed by atoms with E-state index in [4.69, 9.17) is 11.6 Å². The number of benzene rings is 1. The van der Waals surface area contributed by atoms with Gasteiger partial charge in [0.2, 0.25) is 0 Å². The third-order valence-electron chi connectivity index (χ3n) is 1.64. The zero-order valence-electron chi connectivity index (χ0n) is 7.73. The highest BCUT2D eigenvalue weighted by Gasteiger charge is 2.31. The molecule has 0 aliphatic rings. The van der Waals surface area contributed by atoms with E-state index < -0.39 is 23.0 Å². The maximum absolute atomic E-state index is 13.2. The number of nitrogens with zero attached hydrogens (tertiary/aromatic N) is 1. The molecule has 1 rings (SSSR count). The van der Waals surface area contributed by atoms with E-state index in [0.717, 1.165) is 12.1 Å². The highest BCUT2D eigenvalue weighted by atomic mass is 35.5. The maximum atomic E-state index is 13.2. The molecule has 16 heavy (non-hydrogen) atoms. The Morgan fingerprint density at radius 3 is 2.19 bits per heavy atom. The largest absolute Gasteiger partial charge is 0.311 e. The van der Waals surface area contributed by atoms with E-state index in [0.29, 0.717) is 5.02 Å². The number of hydrogen-bond donors (Lipinski definition) is 0. The molecule has 3 nitrogen and oxygen atoms in total. The van der Waals surface area contributed by atoms with Crippen LogP contribution in [-0.2, 0) is 16.4 Å². The lowest BCUT2D eigenvalue weighted by Crippen LogP contribution is -2.17. The second-order valence-electron chi connectivity index (χ2n) is 2.72. The van der Waals surface area contributed by atoms with Crippen LogP contribution in [-0.4, -0.2) is 15.0 Å². The van der Waals surface area contributed by atoms with Gasteiger partial charge in [0, 0.05) is 10.6 Å². The van der Waals surface area contributed by atoms with Crippen molar-refractivity contribution in [2.24, 2.45) is 4.36 Å². The molecule has 0 unspecified atom stereocenters. The van der Waals surface area contributed by atoms with Gasteiger partial charge in [0.1, 0.15) is 6.54 Å². The first-order valence-corrected chi connectivity index (χ1v) is 5.23. The van der Waals surface area contributed by atoms with E-state index >= 15 is 0 Å². The molecule has 0 N–H and O–H groups in total. The van der Waals surface area contributed by atoms with Crippen LogP contribution in [0.3, 0.4) is 0 Å². The van der Waals surface area contributed by atoms with Crippen molar-refractivity contribution >= 4 is 34.5 Å². The molecule has 0 saturated heterocycles. The van der Waals surface area contributed by atoms with E-state index in [9.17, 15) is 17.2 Å². The number of alkyl halides is 2. The predicted molar refractivity (Wildman–Crippen MR) is 58.8 cm³/mol. The van der Waals surface area contributed by atoms with Crippen LogP contribution in [0.2, 0.25) is 5.02 Å². The Morgan fingerprint density at radius 2 is 1.75 bits per heavy atom. The first-order chi connectivity index (χ1) is 6.92. The summed E-state index contributed by atoms with van der Waals surface area (Å²) in [6.07, 6.45) is 0. The quantitative estimate of drug-likeness (QED) is 0.859. The van der Waals surface area contributed by atoms with Crippen LogP contribution >= 0.6 is 24.0 Å². The van der Waals surface area contributed by atoms with Crippen molar-refractivity contribution in [2.45, 2.75) is 5.92 Å². The minimum absolute atomic E-state index is 0. The summed E-state index contributed by atoms with van der Waals surface area (Å²) in [5, 5.41) is 0.332. The second kappa shape index (κ2) is 6.12. The van der Waals surface area contributed by atoms with E-state index in [1.54, 1.807) is 0 Å². The van der Waals surface area contributed by atoms with Crippen molar-refractivity contribution in [1.82, 2.24) is 0 Å². The molecule has 0 radical (unpaired) electrons. The first kappa shape index (κ1) is 15.3. The van der Waals surface area contributed by atoms with E-state index in [-0.39, 0.29) is 18.0 Å². The molecule has 0 bridgehead atoms. The van der Waals surface area contributed by atoms with Gasteiger partial charge in [-0.05, 0) is 12.1 Å². The fraction of sp³-hybridized carbons (Fsp3) is 0.250. The van der Waals surface area contributed by atoms with Gasteiger partial charge in [0.25, 0.3) is 5.92 Å². The Labute approximate surface area is 104 Å². The van der Waals surface area contributed by atoms with Gasteiger partial charge in [-0.3, -0.25) is 0 Å². The molecular formula is C8H7Cl2F2NO2S. The third kappa shape index (κ3) is 4.42. The van der Waals surface area contributed by atoms with Gasteiger partial charge in [0.05, 0.1) is 0 Å². The van der Waals surface area contributed by atoms with Crippen molar-refractivity contribution in [2.75, 3.05) is 6.54 Å². The van der Waals surface area contributed by atoms with E-state index in [1.165, 1.54) is 12.1 Å². The first-order valence-electron chi connectivity index (χ1n) is 3.82. The van der Waals surface area contributed by atoms with Crippen molar-refractivity contribution in [3.63, 3.8) is 0 Å². The molecule has 0 fully saturated rings. The minimum Gasteiger partial charge on any atom is -0.199 e. The lowest BCUT2D eigenvalue weighted by molar-refractivity contribution is 0.00694. The molecule has 90 valence electrons. The smallest absolute Gasteiger partial charge is 0.199 e. The highest BCUT2D eigenvalue weighted by molar-refractivity contribution is 7.61. The Balaban J connectivity index is 0.00000225. The maximum Gasteiger partial charge on any atom is 0.311 e. The average molecular weight is 290 g/mol. The average Bonchev–Trinajstić information content (AvgIpc) is 2.16. The zero-order valence-corrected chi connectivity index (χ0v) is 10.1. The third-order valence-corrected chi connectivity index (χ3v) is 2.23. The van der Waals surface area contributed by atoms with Crippen LogP contribution < -0.4 is 0 Å². The predicted octanol–water partition coefficient (Wildman–Crippen LogP) is 2.92. The molecule has 0 spiro atoms. The molecule has 1 aromatic rings. The fourth-order valence-corrected chi connectivity index (χ4v) is 1.31. The van der Waals surface area contributed by atoms with Crippen LogP contribution in [0.1, 0.15) is 5.56 Å². The molecule has 0 aromatic heterocycles. The topological polar surface area (TPSA) is 46.5 Å². The highest BCUT2D eigenvalue weighted by Crippen LogP contribution is 2.28. The van der Waals surface area contributed by atoms with Gasteiger partial charge < -0.3 is 0 Å². The number of rotatable bonds is 3. The molecule has 0 heterocycles. The van der Waals surface area contributed by atoms with Gasteiger partial charge >= 0.3 is 10.5 Å². The van der Waals surface area contributed by atoms with Gasteiger partial charge in [0.15, 0.2) is 0 Å². The van der Waals surface area contributed by atoms with Crippen LogP contribution in [0.4, 0.5) is 8.78 Å². The normalized spacial score (nSPS) is 10.4. The summed E-state index contributed by atoms with van der Waals surface area (Å²) in [7, 11) is -2.82. The van der Waals surface area contributed by atoms with Crippen molar-refractivity contribution in [3.8, 4) is 0 Å². The lowest BCUT2D eigenvalue weighted by Gasteiger charge is -2.12. The minimum atomic E-state index is -3.30. The summed E-state index contributed by atoms with van der Waals surface area (Å²) in [5.41, 5.74) is -0.318. The summed E-state index contributed by atoms with van der Waals surface area (Å²) < 4.78 is 49.2. The summed E-state index contributed by atoms with van der Waals surface area (Å²) in [4.78, 5) is 0. The summed E-state index contributed by atoms with van der Waals surface area (Å²) >= 11 is 5.52. The van der Waals surface area contributed by atoms with Crippen LogP contribution in [0.25, 0.3) is 0 Å². The van der Waals surface area contributed by atoms with Crippen molar-refractivity contribution < 1.29 is 17.2 Å². The Kier molecular flexibility index (Phi) is 5.85. The Bertz CT molecular complexity index is 465. The fourth-order valence-electron chi connectivity index (χ4n) is 0.919. The lowest BCUT2D eigenvalue weighted by atomic mass is 10.1. The van der Waals surface area contributed by atoms with Gasteiger partial charge in [-0.15, -0.1) is 12.4 Å². The van der Waals surface area contributed by atoms with Crippen LogP contribution in [0.15, 0.2) is 28.6 Å². The van der Waals surface area contributed by atoms with Gasteiger partial charge in [-0.2, -0.15) is 21.6 Å². The van der Waals surface area contributed by atoms with E-state index in [1.807, 2.05) is 0 Å². The van der Waals surface area contributed by atoms with Crippen molar-refractivity contribution in [3.05, 3.63) is 34.9 Å². The molecule has 0 aliphatic carbocycles. The molecule has 1 aromatic carbocycles. The second-order valence-corrected chi connectivity index (χ2v) is 3.84. The van der Waals surface area contributed by atoms with Crippen LogP contribution in [0.5, 0.6) is 0 Å². The summed E-state index contributed by atoms with van der Waals surface area (Å²) in [6, 6.07) is 4.87. The molecule has 0 aliphatic heterocycles. The molecular weight excluding hydrogens is 283 g/mol. The standard InChI is InChI=1S/C8H6ClF2NO2S.ClH/c9-7-3-1-6(2-4-7)8(10,11)5-12-15(13)14;/h1-4H,5H2;1H. The Morgan fingerprint density at radius 1 is 1.25 bits per heavy atom. The SMILES string of the molecule is Cl.O=S(=O)=NCC(F)(F)c1ccc(Cl)cc1. The summed E-state index contributed by atoms with van der Waals surface area (Å²) in [6.45, 7) is -1.09. The van der Waals surface area contributed by atoms with E-state index in [2.05, 4.69) is 4.36 Å². The van der Waals surface area contributed by atoms with Crippen molar-refractivity contribution in [1.29, 1.82) is 0 Å². The summed E-state index contributed by atoms with van der Waals surface area (Å²) in [5.74, 6) is -3.30. The molecule has 0 atom stereocenters. The Hall–Kier alpha value is -0.720. The van der Waals surface area contributed by atoms with Crippen LogP contribution in [0, 0.1) is 0 Å². The van der Waals surface area contributed by atoms with Gasteiger partial charge in [-0.1, -0.05) is 23.7 Å². The van der Waals surface area contributed by atoms with Gasteiger partial charge in [-0.25, -0.2) is 0 Å². The number of halogens is 4. The number of hydrogen-bond acceptors (Lipinski definition) is 3. The molecule has 0 saturated carbocycles. The zero-order chi connectivity index (χ0) is 11.5.